The second-order valence-corrected chi connectivity index (χ2v) is 8.47. The van der Waals surface area contributed by atoms with Gasteiger partial charge in [0.15, 0.2) is 0 Å². The van der Waals surface area contributed by atoms with Gasteiger partial charge in [-0.3, -0.25) is 4.79 Å². The molecule has 4 nitrogen and oxygen atoms in total. The molecule has 1 aromatic rings. The van der Waals surface area contributed by atoms with Crippen LogP contribution in [0, 0.1) is 5.92 Å². The van der Waals surface area contributed by atoms with Gasteiger partial charge < -0.3 is 14.6 Å². The van der Waals surface area contributed by atoms with Crippen LogP contribution in [0.5, 0.6) is 5.75 Å². The van der Waals surface area contributed by atoms with Gasteiger partial charge in [0.05, 0.1) is 24.7 Å². The lowest BCUT2D eigenvalue weighted by molar-refractivity contribution is -0.152. The second-order valence-electron chi connectivity index (χ2n) is 8.47. The van der Waals surface area contributed by atoms with E-state index in [1.165, 1.54) is 25.7 Å². The predicted octanol–water partition coefficient (Wildman–Crippen LogP) is 6.15. The first-order valence-electron chi connectivity index (χ1n) is 11.7. The number of benzene rings is 1. The van der Waals surface area contributed by atoms with Crippen LogP contribution in [0.15, 0.2) is 24.3 Å². The Hall–Kier alpha value is -1.55. The molecule has 4 heteroatoms. The first-order chi connectivity index (χ1) is 14.1. The molecule has 0 radical (unpaired) electrons. The van der Waals surface area contributed by atoms with E-state index in [1.807, 2.05) is 24.3 Å². The van der Waals surface area contributed by atoms with Gasteiger partial charge in [0.2, 0.25) is 0 Å². The van der Waals surface area contributed by atoms with Crippen molar-refractivity contribution in [1.29, 1.82) is 0 Å². The highest BCUT2D eigenvalue weighted by molar-refractivity contribution is 5.72. The molecule has 0 spiro atoms. The van der Waals surface area contributed by atoms with Gasteiger partial charge in [-0.15, -0.1) is 0 Å². The number of unbranched alkanes of at least 4 members (excludes halogenated alkanes) is 6. The van der Waals surface area contributed by atoms with Crippen molar-refractivity contribution in [3.8, 4) is 5.75 Å². The molecule has 2 rings (SSSR count). The SMILES string of the molecule is CCCCCCCCOC(=O)C1CCC(O)(c2ccc(OCCCC)cc2)CC1. The predicted molar refractivity (Wildman–Crippen MR) is 117 cm³/mol. The van der Waals surface area contributed by atoms with Crippen molar-refractivity contribution in [1.82, 2.24) is 0 Å². The summed E-state index contributed by atoms with van der Waals surface area (Å²) in [5.74, 6) is 0.685. The van der Waals surface area contributed by atoms with Gasteiger partial charge in [0.1, 0.15) is 5.75 Å². The van der Waals surface area contributed by atoms with E-state index >= 15 is 0 Å². The van der Waals surface area contributed by atoms with Gasteiger partial charge in [-0.25, -0.2) is 0 Å². The van der Waals surface area contributed by atoms with Crippen molar-refractivity contribution < 1.29 is 19.4 Å². The molecule has 0 saturated heterocycles. The Kier molecular flexibility index (Phi) is 10.5. The zero-order valence-electron chi connectivity index (χ0n) is 18.5. The number of hydrogen-bond donors (Lipinski definition) is 1. The third-order valence-electron chi connectivity index (χ3n) is 6.05. The number of carbonyl (C=O) groups is 1. The van der Waals surface area contributed by atoms with Crippen LogP contribution in [-0.4, -0.2) is 24.3 Å². The summed E-state index contributed by atoms with van der Waals surface area (Å²) in [5.41, 5.74) is 0.0668. The van der Waals surface area contributed by atoms with Crippen LogP contribution < -0.4 is 4.74 Å². The lowest BCUT2D eigenvalue weighted by Crippen LogP contribution is -2.34. The third kappa shape index (κ3) is 8.00. The van der Waals surface area contributed by atoms with Crippen molar-refractivity contribution in [2.75, 3.05) is 13.2 Å². The summed E-state index contributed by atoms with van der Waals surface area (Å²) >= 11 is 0. The summed E-state index contributed by atoms with van der Waals surface area (Å²) in [5, 5.41) is 11.1. The topological polar surface area (TPSA) is 55.8 Å². The molecule has 0 aliphatic heterocycles. The summed E-state index contributed by atoms with van der Waals surface area (Å²) < 4.78 is 11.2. The van der Waals surface area contributed by atoms with Crippen LogP contribution in [0.25, 0.3) is 0 Å². The molecule has 0 aromatic heterocycles. The lowest BCUT2D eigenvalue weighted by Gasteiger charge is -2.35. The summed E-state index contributed by atoms with van der Waals surface area (Å²) in [6, 6.07) is 7.78. The van der Waals surface area contributed by atoms with E-state index in [2.05, 4.69) is 13.8 Å². The van der Waals surface area contributed by atoms with Gasteiger partial charge in [0.25, 0.3) is 0 Å². The fraction of sp³-hybridized carbons (Fsp3) is 0.720. The number of rotatable bonds is 13. The molecule has 29 heavy (non-hydrogen) atoms. The Labute approximate surface area is 177 Å². The van der Waals surface area contributed by atoms with Crippen molar-refractivity contribution >= 4 is 5.97 Å². The number of ether oxygens (including phenoxy) is 2. The van der Waals surface area contributed by atoms with Crippen molar-refractivity contribution in [2.24, 2.45) is 5.92 Å². The normalized spacial score (nSPS) is 21.7. The Morgan fingerprint density at radius 3 is 2.21 bits per heavy atom. The third-order valence-corrected chi connectivity index (χ3v) is 6.05. The Morgan fingerprint density at radius 1 is 0.931 bits per heavy atom. The Bertz CT molecular complexity index is 573. The molecule has 0 atom stereocenters. The van der Waals surface area contributed by atoms with E-state index in [4.69, 9.17) is 9.47 Å². The first kappa shape index (κ1) is 23.7. The van der Waals surface area contributed by atoms with E-state index in [9.17, 15) is 9.90 Å². The molecular formula is C25H40O4. The molecule has 0 unspecified atom stereocenters. The smallest absolute Gasteiger partial charge is 0.308 e. The lowest BCUT2D eigenvalue weighted by atomic mass is 9.75. The Morgan fingerprint density at radius 2 is 1.55 bits per heavy atom. The molecule has 0 amide bonds. The van der Waals surface area contributed by atoms with Crippen LogP contribution in [-0.2, 0) is 15.1 Å². The largest absolute Gasteiger partial charge is 0.494 e. The van der Waals surface area contributed by atoms with Gasteiger partial charge in [-0.2, -0.15) is 0 Å². The summed E-state index contributed by atoms with van der Waals surface area (Å²) in [6.45, 7) is 5.61. The van der Waals surface area contributed by atoms with Crippen LogP contribution in [0.2, 0.25) is 0 Å². The average Bonchev–Trinajstić information content (AvgIpc) is 2.74. The molecule has 1 fully saturated rings. The number of carbonyl (C=O) groups excluding carboxylic acids is 1. The molecule has 1 N–H and O–H groups in total. The average molecular weight is 405 g/mol. The van der Waals surface area contributed by atoms with Crippen LogP contribution in [0.1, 0.15) is 96.5 Å². The van der Waals surface area contributed by atoms with Gasteiger partial charge in [0, 0.05) is 0 Å². The molecule has 1 saturated carbocycles. The van der Waals surface area contributed by atoms with Gasteiger partial charge in [-0.05, 0) is 56.2 Å². The highest BCUT2D eigenvalue weighted by Crippen LogP contribution is 2.40. The fourth-order valence-corrected chi connectivity index (χ4v) is 3.99. The van der Waals surface area contributed by atoms with Crippen LogP contribution >= 0.6 is 0 Å². The van der Waals surface area contributed by atoms with E-state index in [0.29, 0.717) is 32.3 Å². The monoisotopic (exact) mass is 404 g/mol. The fourth-order valence-electron chi connectivity index (χ4n) is 3.99. The molecule has 1 aromatic carbocycles. The van der Waals surface area contributed by atoms with Crippen molar-refractivity contribution in [3.05, 3.63) is 29.8 Å². The molecule has 1 aliphatic rings. The Balaban J connectivity index is 1.70. The quantitative estimate of drug-likeness (QED) is 0.316. The van der Waals surface area contributed by atoms with Crippen LogP contribution in [0.4, 0.5) is 0 Å². The van der Waals surface area contributed by atoms with Crippen LogP contribution in [0.3, 0.4) is 0 Å². The van der Waals surface area contributed by atoms with E-state index < -0.39 is 5.60 Å². The maximum Gasteiger partial charge on any atom is 0.308 e. The van der Waals surface area contributed by atoms with Gasteiger partial charge in [-0.1, -0.05) is 64.5 Å². The molecule has 0 heterocycles. The standard InChI is InChI=1S/C25H40O4/c1-3-5-7-8-9-10-20-29-24(26)21-15-17-25(27,18-16-21)22-11-13-23(14-12-22)28-19-6-4-2/h11-14,21,27H,3-10,15-20H2,1-2H3. The molecular weight excluding hydrogens is 364 g/mol. The minimum atomic E-state index is -0.849. The minimum absolute atomic E-state index is 0.0768. The molecule has 164 valence electrons. The highest BCUT2D eigenvalue weighted by atomic mass is 16.5. The van der Waals surface area contributed by atoms with Crippen molar-refractivity contribution in [3.63, 3.8) is 0 Å². The maximum atomic E-state index is 12.3. The summed E-state index contributed by atoms with van der Waals surface area (Å²) in [6.07, 6.45) is 11.8. The van der Waals surface area contributed by atoms with E-state index in [0.717, 1.165) is 43.6 Å². The molecule has 1 aliphatic carbocycles. The second kappa shape index (κ2) is 12.9. The zero-order chi connectivity index (χ0) is 21.0. The summed E-state index contributed by atoms with van der Waals surface area (Å²) in [7, 11) is 0. The molecule has 0 bridgehead atoms. The minimum Gasteiger partial charge on any atom is -0.494 e. The number of hydrogen-bond acceptors (Lipinski definition) is 4. The maximum absolute atomic E-state index is 12.3. The number of esters is 1. The van der Waals surface area contributed by atoms with E-state index in [-0.39, 0.29) is 11.9 Å². The summed E-state index contributed by atoms with van der Waals surface area (Å²) in [4.78, 5) is 12.3. The first-order valence-corrected chi connectivity index (χ1v) is 11.7. The highest BCUT2D eigenvalue weighted by Gasteiger charge is 2.37. The van der Waals surface area contributed by atoms with Gasteiger partial charge >= 0.3 is 5.97 Å². The zero-order valence-corrected chi connectivity index (χ0v) is 18.5. The number of aliphatic hydroxyl groups is 1. The van der Waals surface area contributed by atoms with Crippen molar-refractivity contribution in [2.45, 2.75) is 96.5 Å². The van der Waals surface area contributed by atoms with E-state index in [1.54, 1.807) is 0 Å².